The van der Waals surface area contributed by atoms with Gasteiger partial charge in [0.15, 0.2) is 17.3 Å². The number of carbonyl (C=O) groups is 1. The predicted molar refractivity (Wildman–Crippen MR) is 60.2 cm³/mol. The highest BCUT2D eigenvalue weighted by molar-refractivity contribution is 5.87. The molecular formula is C12H10F2N2O2. The number of carboxylic acid groups (broad SMARTS) is 1. The van der Waals surface area contributed by atoms with Gasteiger partial charge in [0.2, 0.25) is 0 Å². The van der Waals surface area contributed by atoms with E-state index in [1.54, 1.807) is 6.92 Å². The fraction of sp³-hybridized carbons (Fsp3) is 0.167. The van der Waals surface area contributed by atoms with Crippen LogP contribution in [-0.2, 0) is 6.54 Å². The summed E-state index contributed by atoms with van der Waals surface area (Å²) in [6.07, 6.45) is 0. The van der Waals surface area contributed by atoms with Crippen LogP contribution in [-0.4, -0.2) is 20.9 Å². The summed E-state index contributed by atoms with van der Waals surface area (Å²) in [4.78, 5) is 10.8. The molecule has 1 aromatic heterocycles. The standard InChI is InChI=1S/C12H10F2N2O2/c1-2-16-11(6-10(15-16)12(17)18)7-3-4-8(13)9(14)5-7/h3-6H,2H2,1H3,(H,17,18). The summed E-state index contributed by atoms with van der Waals surface area (Å²) in [6, 6.07) is 4.73. The molecule has 2 rings (SSSR count). The summed E-state index contributed by atoms with van der Waals surface area (Å²) in [6.45, 7) is 2.21. The molecule has 4 nitrogen and oxygen atoms in total. The second-order valence-corrected chi connectivity index (χ2v) is 3.66. The fourth-order valence-corrected chi connectivity index (χ4v) is 1.65. The third kappa shape index (κ3) is 2.09. The Labute approximate surface area is 101 Å². The highest BCUT2D eigenvalue weighted by Gasteiger charge is 2.15. The summed E-state index contributed by atoms with van der Waals surface area (Å²) < 4.78 is 27.4. The Hall–Kier alpha value is -2.24. The van der Waals surface area contributed by atoms with Gasteiger partial charge in [0.1, 0.15) is 0 Å². The molecule has 1 heterocycles. The summed E-state index contributed by atoms with van der Waals surface area (Å²) in [5.74, 6) is -3.08. The molecule has 2 aromatic rings. The Bertz CT molecular complexity index is 608. The molecule has 0 aliphatic rings. The molecule has 1 N–H and O–H groups in total. The van der Waals surface area contributed by atoms with Gasteiger partial charge >= 0.3 is 5.97 Å². The van der Waals surface area contributed by atoms with Gasteiger partial charge < -0.3 is 5.11 Å². The third-order valence-corrected chi connectivity index (χ3v) is 2.51. The van der Waals surface area contributed by atoms with Gasteiger partial charge in [0.25, 0.3) is 0 Å². The molecule has 0 radical (unpaired) electrons. The molecule has 0 aliphatic heterocycles. The second-order valence-electron chi connectivity index (χ2n) is 3.66. The Morgan fingerprint density at radius 3 is 2.61 bits per heavy atom. The van der Waals surface area contributed by atoms with Crippen LogP contribution in [0.2, 0.25) is 0 Å². The van der Waals surface area contributed by atoms with Crippen LogP contribution < -0.4 is 0 Å². The molecule has 18 heavy (non-hydrogen) atoms. The van der Waals surface area contributed by atoms with E-state index in [0.29, 0.717) is 17.8 Å². The summed E-state index contributed by atoms with van der Waals surface area (Å²) in [7, 11) is 0. The van der Waals surface area contributed by atoms with Gasteiger partial charge in [0.05, 0.1) is 5.69 Å². The first-order valence-electron chi connectivity index (χ1n) is 5.29. The lowest BCUT2D eigenvalue weighted by Crippen LogP contribution is -2.02. The Morgan fingerprint density at radius 1 is 1.33 bits per heavy atom. The molecule has 0 spiro atoms. The van der Waals surface area contributed by atoms with Crippen LogP contribution in [0.5, 0.6) is 0 Å². The minimum atomic E-state index is -1.16. The van der Waals surface area contributed by atoms with Gasteiger partial charge in [-0.2, -0.15) is 5.10 Å². The third-order valence-electron chi connectivity index (χ3n) is 2.51. The Kier molecular flexibility index (Phi) is 3.10. The zero-order valence-electron chi connectivity index (χ0n) is 9.52. The number of aryl methyl sites for hydroxylation is 1. The van der Waals surface area contributed by atoms with E-state index < -0.39 is 17.6 Å². The quantitative estimate of drug-likeness (QED) is 0.913. The monoisotopic (exact) mass is 252 g/mol. The topological polar surface area (TPSA) is 55.1 Å². The summed E-state index contributed by atoms with van der Waals surface area (Å²) >= 11 is 0. The van der Waals surface area contributed by atoms with E-state index >= 15 is 0 Å². The van der Waals surface area contributed by atoms with Gasteiger partial charge in [-0.3, -0.25) is 4.68 Å². The number of hydrogen-bond donors (Lipinski definition) is 1. The van der Waals surface area contributed by atoms with E-state index in [2.05, 4.69) is 5.10 Å². The Balaban J connectivity index is 2.55. The molecule has 0 bridgehead atoms. The number of carboxylic acids is 1. The number of hydrogen-bond acceptors (Lipinski definition) is 2. The van der Waals surface area contributed by atoms with Crippen molar-refractivity contribution in [1.82, 2.24) is 9.78 Å². The van der Waals surface area contributed by atoms with Crippen molar-refractivity contribution in [3.63, 3.8) is 0 Å². The molecule has 0 atom stereocenters. The predicted octanol–water partition coefficient (Wildman–Crippen LogP) is 2.55. The van der Waals surface area contributed by atoms with Crippen LogP contribution in [0.15, 0.2) is 24.3 Å². The number of benzene rings is 1. The lowest BCUT2D eigenvalue weighted by Gasteiger charge is -2.04. The molecule has 0 saturated heterocycles. The van der Waals surface area contributed by atoms with Crippen molar-refractivity contribution in [1.29, 1.82) is 0 Å². The van der Waals surface area contributed by atoms with E-state index in [4.69, 9.17) is 5.11 Å². The second kappa shape index (κ2) is 4.56. The number of halogens is 2. The summed E-state index contributed by atoms with van der Waals surface area (Å²) in [5.41, 5.74) is 0.695. The fourth-order valence-electron chi connectivity index (χ4n) is 1.65. The maximum absolute atomic E-state index is 13.1. The van der Waals surface area contributed by atoms with E-state index in [-0.39, 0.29) is 5.69 Å². The molecular weight excluding hydrogens is 242 g/mol. The van der Waals surface area contributed by atoms with Crippen molar-refractivity contribution in [2.24, 2.45) is 0 Å². The largest absolute Gasteiger partial charge is 0.476 e. The van der Waals surface area contributed by atoms with Gasteiger partial charge in [-0.15, -0.1) is 0 Å². The first kappa shape index (κ1) is 12.2. The lowest BCUT2D eigenvalue weighted by molar-refractivity contribution is 0.0689. The SMILES string of the molecule is CCn1nc(C(=O)O)cc1-c1ccc(F)c(F)c1. The van der Waals surface area contributed by atoms with Crippen molar-refractivity contribution < 1.29 is 18.7 Å². The van der Waals surface area contributed by atoms with Crippen molar-refractivity contribution in [3.8, 4) is 11.3 Å². The first-order chi connectivity index (χ1) is 8.52. The average molecular weight is 252 g/mol. The summed E-state index contributed by atoms with van der Waals surface area (Å²) in [5, 5.41) is 12.7. The molecule has 0 amide bonds. The molecule has 0 unspecified atom stereocenters. The van der Waals surface area contributed by atoms with Gasteiger partial charge in [-0.25, -0.2) is 13.6 Å². The maximum atomic E-state index is 13.1. The maximum Gasteiger partial charge on any atom is 0.356 e. The lowest BCUT2D eigenvalue weighted by atomic mass is 10.1. The van der Waals surface area contributed by atoms with Crippen LogP contribution in [0.25, 0.3) is 11.3 Å². The first-order valence-corrected chi connectivity index (χ1v) is 5.29. The zero-order chi connectivity index (χ0) is 13.3. The van der Waals surface area contributed by atoms with Crippen molar-refractivity contribution in [2.75, 3.05) is 0 Å². The van der Waals surface area contributed by atoms with Crippen molar-refractivity contribution in [3.05, 3.63) is 41.6 Å². The molecule has 1 aromatic carbocycles. The van der Waals surface area contributed by atoms with Crippen LogP contribution >= 0.6 is 0 Å². The van der Waals surface area contributed by atoms with Crippen molar-refractivity contribution in [2.45, 2.75) is 13.5 Å². The van der Waals surface area contributed by atoms with Crippen LogP contribution in [0.4, 0.5) is 8.78 Å². The molecule has 6 heteroatoms. The van der Waals surface area contributed by atoms with Gasteiger partial charge in [-0.1, -0.05) is 0 Å². The van der Waals surface area contributed by atoms with Crippen molar-refractivity contribution >= 4 is 5.97 Å². The van der Waals surface area contributed by atoms with E-state index in [0.717, 1.165) is 12.1 Å². The minimum Gasteiger partial charge on any atom is -0.476 e. The zero-order valence-corrected chi connectivity index (χ0v) is 9.52. The number of aromatic nitrogens is 2. The van der Waals surface area contributed by atoms with E-state index in [1.807, 2.05) is 0 Å². The number of aromatic carboxylic acids is 1. The molecule has 0 aliphatic carbocycles. The highest BCUT2D eigenvalue weighted by atomic mass is 19.2. The van der Waals surface area contributed by atoms with Crippen LogP contribution in [0.1, 0.15) is 17.4 Å². The number of nitrogens with zero attached hydrogens (tertiary/aromatic N) is 2. The van der Waals surface area contributed by atoms with E-state index in [9.17, 15) is 13.6 Å². The smallest absolute Gasteiger partial charge is 0.356 e. The van der Waals surface area contributed by atoms with Gasteiger partial charge in [-0.05, 0) is 31.2 Å². The van der Waals surface area contributed by atoms with Crippen LogP contribution in [0, 0.1) is 11.6 Å². The molecule has 0 saturated carbocycles. The number of rotatable bonds is 3. The van der Waals surface area contributed by atoms with Crippen LogP contribution in [0.3, 0.4) is 0 Å². The average Bonchev–Trinajstić information content (AvgIpc) is 2.77. The minimum absolute atomic E-state index is 0.128. The van der Waals surface area contributed by atoms with Gasteiger partial charge in [0, 0.05) is 12.1 Å². The highest BCUT2D eigenvalue weighted by Crippen LogP contribution is 2.22. The normalized spacial score (nSPS) is 10.6. The van der Waals surface area contributed by atoms with E-state index in [1.165, 1.54) is 16.8 Å². The molecule has 0 fully saturated rings. The Morgan fingerprint density at radius 2 is 2.06 bits per heavy atom. The molecule has 94 valence electrons.